The van der Waals surface area contributed by atoms with Crippen molar-refractivity contribution >= 4 is 17.4 Å². The average Bonchev–Trinajstić information content (AvgIpc) is 3.12. The molecule has 0 aliphatic heterocycles. The molecule has 11 heteroatoms. The number of fused-ring (bicyclic) bond motifs is 1. The smallest absolute Gasteiger partial charge is 0.306 e. The molecule has 0 spiro atoms. The molecule has 0 aliphatic carbocycles. The lowest BCUT2D eigenvalue weighted by atomic mass is 10.1. The lowest BCUT2D eigenvalue weighted by Crippen LogP contribution is -2.26. The molecule has 0 aliphatic rings. The minimum atomic E-state index is -4.69. The molecule has 0 atom stereocenters. The second kappa shape index (κ2) is 7.66. The Hall–Kier alpha value is -4.46. The maximum absolute atomic E-state index is 13.0. The summed E-state index contributed by atoms with van der Waals surface area (Å²) >= 11 is 0. The third-order valence-electron chi connectivity index (χ3n) is 4.62. The molecule has 0 unspecified atom stereocenters. The predicted molar refractivity (Wildman–Crippen MR) is 108 cm³/mol. The van der Waals surface area contributed by atoms with Gasteiger partial charge in [0.05, 0.1) is 0 Å². The fourth-order valence-electron chi connectivity index (χ4n) is 3.24. The molecule has 4 aromatic rings. The molecule has 0 saturated carbocycles. The summed E-state index contributed by atoms with van der Waals surface area (Å²) in [6, 6.07) is 13.7. The third-order valence-corrected chi connectivity index (χ3v) is 4.62. The van der Waals surface area contributed by atoms with Crippen LogP contribution in [0.15, 0.2) is 53.3 Å². The van der Waals surface area contributed by atoms with Crippen molar-refractivity contribution in [1.82, 2.24) is 19.6 Å². The maximum Gasteiger partial charge on any atom is 0.433 e. The van der Waals surface area contributed by atoms with Crippen LogP contribution in [-0.2, 0) is 6.18 Å². The van der Waals surface area contributed by atoms with Crippen LogP contribution in [0, 0.1) is 18.3 Å². The number of pyridine rings is 1. The Balaban J connectivity index is 1.81. The van der Waals surface area contributed by atoms with Crippen LogP contribution < -0.4 is 10.7 Å². The molecular weight excluding hydrogens is 425 g/mol. The van der Waals surface area contributed by atoms with Crippen molar-refractivity contribution in [2.45, 2.75) is 13.1 Å². The fourth-order valence-corrected chi connectivity index (χ4v) is 3.24. The molecule has 0 saturated heterocycles. The van der Waals surface area contributed by atoms with Crippen molar-refractivity contribution in [3.8, 4) is 17.3 Å². The van der Waals surface area contributed by atoms with Gasteiger partial charge < -0.3 is 5.32 Å². The van der Waals surface area contributed by atoms with E-state index in [2.05, 4.69) is 20.4 Å². The van der Waals surface area contributed by atoms with Crippen LogP contribution in [0.25, 0.3) is 16.9 Å². The summed E-state index contributed by atoms with van der Waals surface area (Å²) in [6.07, 6.45) is -4.69. The van der Waals surface area contributed by atoms with E-state index in [1.54, 1.807) is 30.3 Å². The van der Waals surface area contributed by atoms with Crippen molar-refractivity contribution < 1.29 is 18.0 Å². The van der Waals surface area contributed by atoms with Gasteiger partial charge in [0, 0.05) is 11.3 Å². The number of benzene rings is 1. The van der Waals surface area contributed by atoms with Crippen LogP contribution in [-0.4, -0.2) is 25.5 Å². The molecular formula is C21H13F3N6O2. The molecule has 8 nitrogen and oxygen atoms in total. The highest BCUT2D eigenvalue weighted by Gasteiger charge is 2.32. The van der Waals surface area contributed by atoms with Gasteiger partial charge in [-0.25, -0.2) is 14.5 Å². The normalized spacial score (nSPS) is 11.3. The van der Waals surface area contributed by atoms with E-state index in [9.17, 15) is 28.0 Å². The first-order chi connectivity index (χ1) is 15.2. The molecule has 3 heterocycles. The molecule has 0 bridgehead atoms. The number of aromatic amines is 1. The Labute approximate surface area is 178 Å². The van der Waals surface area contributed by atoms with E-state index in [4.69, 9.17) is 0 Å². The van der Waals surface area contributed by atoms with Gasteiger partial charge in [0.2, 0.25) is 11.1 Å². The Morgan fingerprint density at radius 3 is 2.50 bits per heavy atom. The van der Waals surface area contributed by atoms with Crippen molar-refractivity contribution in [3.63, 3.8) is 0 Å². The van der Waals surface area contributed by atoms with Gasteiger partial charge in [-0.2, -0.15) is 18.4 Å². The number of amides is 1. The summed E-state index contributed by atoms with van der Waals surface area (Å²) in [5.74, 6) is -1.32. The Morgan fingerprint density at radius 1 is 1.12 bits per heavy atom. The van der Waals surface area contributed by atoms with Gasteiger partial charge in [0.1, 0.15) is 28.8 Å². The Kier molecular flexibility index (Phi) is 4.98. The minimum absolute atomic E-state index is 0.0268. The number of aryl methyl sites for hydroxylation is 1. The molecule has 2 N–H and O–H groups in total. The number of imidazole rings is 1. The number of nitriles is 1. The van der Waals surface area contributed by atoms with E-state index in [-0.39, 0.29) is 28.4 Å². The van der Waals surface area contributed by atoms with E-state index in [0.717, 1.165) is 12.1 Å². The number of carbonyl (C=O) groups excluding carboxylic acids is 1. The number of alkyl halides is 3. The molecule has 0 radical (unpaired) electrons. The molecule has 4 rings (SSSR count). The second-order valence-electron chi connectivity index (χ2n) is 6.75. The number of H-pyrrole nitrogens is 1. The molecule has 1 amide bonds. The summed E-state index contributed by atoms with van der Waals surface area (Å²) < 4.78 is 39.9. The number of halogens is 3. The lowest BCUT2D eigenvalue weighted by molar-refractivity contribution is -0.141. The summed E-state index contributed by atoms with van der Waals surface area (Å²) in [6.45, 7) is 1.45. The average molecular weight is 438 g/mol. The number of carbonyl (C=O) groups is 1. The van der Waals surface area contributed by atoms with Crippen LogP contribution in [0.1, 0.15) is 27.4 Å². The van der Waals surface area contributed by atoms with Gasteiger partial charge in [-0.1, -0.05) is 36.4 Å². The number of hydrogen-bond acceptors (Lipinski definition) is 5. The number of rotatable bonds is 3. The molecule has 160 valence electrons. The highest BCUT2D eigenvalue weighted by atomic mass is 19.4. The highest BCUT2D eigenvalue weighted by Crippen LogP contribution is 2.28. The maximum atomic E-state index is 13.0. The van der Waals surface area contributed by atoms with E-state index in [1.165, 1.54) is 17.5 Å². The zero-order valence-corrected chi connectivity index (χ0v) is 16.4. The number of hydrogen-bond donors (Lipinski definition) is 2. The first kappa shape index (κ1) is 20.8. The third kappa shape index (κ3) is 3.58. The Morgan fingerprint density at radius 2 is 1.84 bits per heavy atom. The lowest BCUT2D eigenvalue weighted by Gasteiger charge is -2.10. The van der Waals surface area contributed by atoms with Gasteiger partial charge >= 0.3 is 6.18 Å². The monoisotopic (exact) mass is 438 g/mol. The van der Waals surface area contributed by atoms with Crippen molar-refractivity contribution in [2.24, 2.45) is 0 Å². The number of nitrogens with one attached hydrogen (secondary N) is 2. The van der Waals surface area contributed by atoms with Crippen LogP contribution in [0.4, 0.5) is 19.0 Å². The molecule has 1 aromatic carbocycles. The summed E-state index contributed by atoms with van der Waals surface area (Å²) in [7, 11) is 0. The van der Waals surface area contributed by atoms with Gasteiger partial charge in [-0.15, -0.1) is 0 Å². The first-order valence-corrected chi connectivity index (χ1v) is 9.17. The van der Waals surface area contributed by atoms with Gasteiger partial charge in [0.15, 0.2) is 5.69 Å². The van der Waals surface area contributed by atoms with E-state index in [0.29, 0.717) is 11.3 Å². The van der Waals surface area contributed by atoms with Gasteiger partial charge in [-0.05, 0) is 19.1 Å². The van der Waals surface area contributed by atoms with Gasteiger partial charge in [0.25, 0.3) is 5.91 Å². The predicted octanol–water partition coefficient (Wildman–Crippen LogP) is 3.54. The first-order valence-electron chi connectivity index (χ1n) is 9.17. The quantitative estimate of drug-likeness (QED) is 0.508. The summed E-state index contributed by atoms with van der Waals surface area (Å²) in [4.78, 5) is 33.2. The van der Waals surface area contributed by atoms with Gasteiger partial charge in [-0.3, -0.25) is 14.7 Å². The zero-order valence-electron chi connectivity index (χ0n) is 16.4. The highest BCUT2D eigenvalue weighted by molar-refractivity contribution is 6.05. The van der Waals surface area contributed by atoms with E-state index < -0.39 is 23.2 Å². The van der Waals surface area contributed by atoms with E-state index >= 15 is 0 Å². The summed E-state index contributed by atoms with van der Waals surface area (Å²) in [5, 5.41) is 14.6. The number of anilines is 1. The molecule has 0 fully saturated rings. The molecule has 3 aromatic heterocycles. The largest absolute Gasteiger partial charge is 0.433 e. The SMILES string of the molecule is Cc1[nH]n2c(-c3ccccc3)c(C#N)nc2c(=O)c1C(=O)Nc1cccc(C(F)(F)F)n1. The van der Waals surface area contributed by atoms with E-state index in [1.807, 2.05) is 6.07 Å². The standard InChI is InChI=1S/C21H13F3N6O2/c1-11-16(20(32)28-15-9-5-8-14(27-15)21(22,23)24)18(31)19-26-13(10-25)17(30(19)29-11)12-6-3-2-4-7-12/h2-9,29H,1H3,(H,27,28,32). The van der Waals surface area contributed by atoms with Crippen molar-refractivity contribution in [1.29, 1.82) is 5.26 Å². The Bertz CT molecular complexity index is 1450. The second-order valence-corrected chi connectivity index (χ2v) is 6.75. The van der Waals surface area contributed by atoms with Crippen molar-refractivity contribution in [3.05, 3.63) is 81.4 Å². The number of aromatic nitrogens is 4. The topological polar surface area (TPSA) is 116 Å². The van der Waals surface area contributed by atoms with Crippen LogP contribution in [0.2, 0.25) is 0 Å². The molecule has 32 heavy (non-hydrogen) atoms. The summed E-state index contributed by atoms with van der Waals surface area (Å²) in [5.41, 5.74) is -1.46. The fraction of sp³-hybridized carbons (Fsp3) is 0.0952. The van der Waals surface area contributed by atoms with Crippen LogP contribution in [0.5, 0.6) is 0 Å². The number of nitrogens with zero attached hydrogens (tertiary/aromatic N) is 4. The minimum Gasteiger partial charge on any atom is -0.306 e. The van der Waals surface area contributed by atoms with Crippen LogP contribution >= 0.6 is 0 Å². The van der Waals surface area contributed by atoms with Crippen LogP contribution in [0.3, 0.4) is 0 Å². The van der Waals surface area contributed by atoms with Crippen molar-refractivity contribution in [2.75, 3.05) is 5.32 Å². The zero-order chi connectivity index (χ0) is 23.0.